The Labute approximate surface area is 103 Å². The summed E-state index contributed by atoms with van der Waals surface area (Å²) in [7, 11) is 0. The number of aryl methyl sites for hydroxylation is 2. The Hall–Kier alpha value is -2.02. The molecule has 86 valence electrons. The molecule has 0 atom stereocenters. The van der Waals surface area contributed by atoms with E-state index in [0.717, 1.165) is 5.69 Å². The molecule has 0 bridgehead atoms. The highest BCUT2D eigenvalue weighted by Gasteiger charge is 2.07. The van der Waals surface area contributed by atoms with Gasteiger partial charge in [-0.1, -0.05) is 42.5 Å². The molecule has 0 spiro atoms. The molecule has 1 nitrogen and oxygen atoms in total. The van der Waals surface area contributed by atoms with Crippen LogP contribution in [0.4, 0.5) is 11.4 Å². The topological polar surface area (TPSA) is 3.24 Å². The summed E-state index contributed by atoms with van der Waals surface area (Å²) in [6.45, 7) is 8.14. The van der Waals surface area contributed by atoms with Crippen LogP contribution >= 0.6 is 0 Å². The second-order valence-corrected chi connectivity index (χ2v) is 4.18. The first kappa shape index (κ1) is 11.5. The molecule has 0 aliphatic rings. The Kier molecular flexibility index (Phi) is 3.29. The minimum atomic E-state index is 1.13. The fourth-order valence-electron chi connectivity index (χ4n) is 2.01. The number of hydrogen-bond acceptors (Lipinski definition) is 1. The zero-order valence-electron chi connectivity index (χ0n) is 10.4. The van der Waals surface area contributed by atoms with Gasteiger partial charge in [-0.15, -0.1) is 0 Å². The normalized spacial score (nSPS) is 10.0. The summed E-state index contributed by atoms with van der Waals surface area (Å²) in [5.74, 6) is 0. The van der Waals surface area contributed by atoms with Crippen molar-refractivity contribution in [3.8, 4) is 0 Å². The number of rotatable bonds is 3. The highest BCUT2D eigenvalue weighted by atomic mass is 15.1. The largest absolute Gasteiger partial charge is 0.318 e. The molecule has 17 heavy (non-hydrogen) atoms. The van der Waals surface area contributed by atoms with E-state index in [1.54, 1.807) is 0 Å². The van der Waals surface area contributed by atoms with Gasteiger partial charge in [-0.25, -0.2) is 0 Å². The van der Waals surface area contributed by atoms with E-state index >= 15 is 0 Å². The van der Waals surface area contributed by atoms with Crippen molar-refractivity contribution in [1.29, 1.82) is 0 Å². The lowest BCUT2D eigenvalue weighted by Crippen LogP contribution is -2.09. The average molecular weight is 223 g/mol. The standard InChI is InChI=1S/C16H17N/c1-4-17(15-8-6-5-7-9-15)16-11-10-13(2)12-14(16)3/h4-12H,1H2,2-3H3. The Morgan fingerprint density at radius 1 is 1.00 bits per heavy atom. The molecule has 0 fully saturated rings. The zero-order valence-corrected chi connectivity index (χ0v) is 10.4. The highest BCUT2D eigenvalue weighted by molar-refractivity contribution is 5.68. The van der Waals surface area contributed by atoms with Crippen molar-refractivity contribution in [1.82, 2.24) is 0 Å². The molecule has 2 aromatic carbocycles. The predicted molar refractivity (Wildman–Crippen MR) is 74.7 cm³/mol. The van der Waals surface area contributed by atoms with Gasteiger partial charge in [0.15, 0.2) is 0 Å². The maximum atomic E-state index is 3.90. The Morgan fingerprint density at radius 2 is 1.71 bits per heavy atom. The summed E-state index contributed by atoms with van der Waals surface area (Å²) < 4.78 is 0. The Balaban J connectivity index is 2.46. The second kappa shape index (κ2) is 4.88. The highest BCUT2D eigenvalue weighted by Crippen LogP contribution is 2.28. The molecule has 0 unspecified atom stereocenters. The lowest BCUT2D eigenvalue weighted by atomic mass is 10.1. The van der Waals surface area contributed by atoms with Gasteiger partial charge in [0.25, 0.3) is 0 Å². The summed E-state index contributed by atoms with van der Waals surface area (Å²) in [5.41, 5.74) is 4.85. The van der Waals surface area contributed by atoms with E-state index in [1.807, 2.05) is 24.4 Å². The minimum absolute atomic E-state index is 1.13. The fraction of sp³-hybridized carbons (Fsp3) is 0.125. The third kappa shape index (κ3) is 2.39. The first-order valence-electron chi connectivity index (χ1n) is 5.76. The molecule has 0 N–H and O–H groups in total. The molecule has 0 aliphatic heterocycles. The summed E-state index contributed by atoms with van der Waals surface area (Å²) >= 11 is 0. The van der Waals surface area contributed by atoms with E-state index < -0.39 is 0 Å². The van der Waals surface area contributed by atoms with Gasteiger partial charge in [0.05, 0.1) is 0 Å². The monoisotopic (exact) mass is 223 g/mol. The van der Waals surface area contributed by atoms with Crippen molar-refractivity contribution in [2.75, 3.05) is 4.90 Å². The summed E-state index contributed by atoms with van der Waals surface area (Å²) in [6, 6.07) is 16.7. The first-order valence-corrected chi connectivity index (χ1v) is 5.76. The maximum absolute atomic E-state index is 3.90. The molecule has 0 aliphatic carbocycles. The van der Waals surface area contributed by atoms with Crippen LogP contribution in [0.15, 0.2) is 61.3 Å². The quantitative estimate of drug-likeness (QED) is 0.736. The average Bonchev–Trinajstić information content (AvgIpc) is 2.34. The smallest absolute Gasteiger partial charge is 0.0484 e. The maximum Gasteiger partial charge on any atom is 0.0484 e. The van der Waals surface area contributed by atoms with Crippen LogP contribution in [0.25, 0.3) is 0 Å². The molecule has 0 saturated carbocycles. The van der Waals surface area contributed by atoms with Gasteiger partial charge < -0.3 is 4.90 Å². The van der Waals surface area contributed by atoms with Crippen molar-refractivity contribution >= 4 is 11.4 Å². The molecule has 0 heterocycles. The van der Waals surface area contributed by atoms with Gasteiger partial charge >= 0.3 is 0 Å². The number of nitrogens with zero attached hydrogens (tertiary/aromatic N) is 1. The molecule has 0 aromatic heterocycles. The third-order valence-corrected chi connectivity index (χ3v) is 2.83. The van der Waals surface area contributed by atoms with E-state index in [2.05, 4.69) is 55.7 Å². The van der Waals surface area contributed by atoms with Crippen molar-refractivity contribution in [3.05, 3.63) is 72.4 Å². The van der Waals surface area contributed by atoms with E-state index in [0.29, 0.717) is 0 Å². The van der Waals surface area contributed by atoms with Crippen LogP contribution in [0.1, 0.15) is 11.1 Å². The van der Waals surface area contributed by atoms with Gasteiger partial charge in [-0.2, -0.15) is 0 Å². The van der Waals surface area contributed by atoms with Crippen molar-refractivity contribution in [2.45, 2.75) is 13.8 Å². The van der Waals surface area contributed by atoms with Crippen LogP contribution in [0, 0.1) is 13.8 Å². The summed E-state index contributed by atoms with van der Waals surface area (Å²) in [5, 5.41) is 0. The molecular formula is C16H17N. The fourth-order valence-corrected chi connectivity index (χ4v) is 2.01. The molecule has 2 aromatic rings. The van der Waals surface area contributed by atoms with Crippen LogP contribution < -0.4 is 4.90 Å². The van der Waals surface area contributed by atoms with Crippen LogP contribution in [-0.4, -0.2) is 0 Å². The van der Waals surface area contributed by atoms with Crippen LogP contribution in [-0.2, 0) is 0 Å². The third-order valence-electron chi connectivity index (χ3n) is 2.83. The SMILES string of the molecule is C=CN(c1ccccc1)c1ccc(C)cc1C. The number of para-hydroxylation sites is 1. The number of benzene rings is 2. The predicted octanol–water partition coefficient (Wildman–Crippen LogP) is 4.59. The van der Waals surface area contributed by atoms with Crippen LogP contribution in [0.3, 0.4) is 0 Å². The van der Waals surface area contributed by atoms with E-state index in [9.17, 15) is 0 Å². The van der Waals surface area contributed by atoms with Crippen LogP contribution in [0.5, 0.6) is 0 Å². The van der Waals surface area contributed by atoms with Gasteiger partial charge in [-0.05, 0) is 37.6 Å². The van der Waals surface area contributed by atoms with Gasteiger partial charge in [0.2, 0.25) is 0 Å². The van der Waals surface area contributed by atoms with Crippen molar-refractivity contribution in [3.63, 3.8) is 0 Å². The zero-order chi connectivity index (χ0) is 12.3. The second-order valence-electron chi connectivity index (χ2n) is 4.18. The Bertz CT molecular complexity index is 514. The van der Waals surface area contributed by atoms with Crippen molar-refractivity contribution < 1.29 is 0 Å². The van der Waals surface area contributed by atoms with Gasteiger partial charge in [0.1, 0.15) is 0 Å². The molecular weight excluding hydrogens is 206 g/mol. The van der Waals surface area contributed by atoms with Gasteiger partial charge in [0, 0.05) is 17.6 Å². The summed E-state index contributed by atoms with van der Waals surface area (Å²) in [4.78, 5) is 2.11. The molecule has 0 saturated heterocycles. The van der Waals surface area contributed by atoms with Gasteiger partial charge in [-0.3, -0.25) is 0 Å². The number of hydrogen-bond donors (Lipinski definition) is 0. The number of anilines is 2. The van der Waals surface area contributed by atoms with E-state index in [1.165, 1.54) is 16.8 Å². The first-order chi connectivity index (χ1) is 8.22. The Morgan fingerprint density at radius 3 is 2.29 bits per heavy atom. The minimum Gasteiger partial charge on any atom is -0.318 e. The van der Waals surface area contributed by atoms with E-state index in [4.69, 9.17) is 0 Å². The molecule has 2 rings (SSSR count). The molecule has 1 heteroatoms. The summed E-state index contributed by atoms with van der Waals surface area (Å²) in [6.07, 6.45) is 1.85. The van der Waals surface area contributed by atoms with Crippen molar-refractivity contribution in [2.24, 2.45) is 0 Å². The molecule has 0 radical (unpaired) electrons. The van der Waals surface area contributed by atoms with E-state index in [-0.39, 0.29) is 0 Å². The molecule has 0 amide bonds. The lowest BCUT2D eigenvalue weighted by molar-refractivity contribution is 1.24. The lowest BCUT2D eigenvalue weighted by Gasteiger charge is -2.22. The van der Waals surface area contributed by atoms with Crippen LogP contribution in [0.2, 0.25) is 0 Å².